The highest BCUT2D eigenvalue weighted by molar-refractivity contribution is 5.83. The highest BCUT2D eigenvalue weighted by Crippen LogP contribution is 2.43. The molecule has 5 rings (SSSR count). The Labute approximate surface area is 150 Å². The van der Waals surface area contributed by atoms with Crippen LogP contribution in [0.5, 0.6) is 0 Å². The SMILES string of the molecule is Fc1ccc(-c2ncccc2-c2ccc3cccnc3n2)cc1C1CC1. The Hall–Kier alpha value is -3.14. The fourth-order valence-electron chi connectivity index (χ4n) is 3.34. The Bertz CT molecular complexity index is 1120. The van der Waals surface area contributed by atoms with Crippen molar-refractivity contribution in [2.75, 3.05) is 0 Å². The number of hydrogen-bond donors (Lipinski definition) is 0. The van der Waals surface area contributed by atoms with Crippen LogP contribution < -0.4 is 0 Å². The van der Waals surface area contributed by atoms with E-state index >= 15 is 0 Å². The molecule has 3 aromatic heterocycles. The first kappa shape index (κ1) is 15.1. The van der Waals surface area contributed by atoms with Crippen molar-refractivity contribution >= 4 is 11.0 Å². The highest BCUT2D eigenvalue weighted by atomic mass is 19.1. The third-order valence-corrected chi connectivity index (χ3v) is 4.83. The number of benzene rings is 1. The van der Waals surface area contributed by atoms with Gasteiger partial charge in [-0.15, -0.1) is 0 Å². The van der Waals surface area contributed by atoms with Gasteiger partial charge in [0.1, 0.15) is 5.82 Å². The van der Waals surface area contributed by atoms with E-state index in [4.69, 9.17) is 4.98 Å². The lowest BCUT2D eigenvalue weighted by Crippen LogP contribution is -1.94. The number of nitrogens with zero attached hydrogens (tertiary/aromatic N) is 3. The van der Waals surface area contributed by atoms with E-state index in [9.17, 15) is 4.39 Å². The normalized spacial score (nSPS) is 13.9. The number of fused-ring (bicyclic) bond motifs is 1. The molecule has 0 atom stereocenters. The topological polar surface area (TPSA) is 38.7 Å². The predicted molar refractivity (Wildman–Crippen MR) is 100 cm³/mol. The van der Waals surface area contributed by atoms with Crippen molar-refractivity contribution in [2.24, 2.45) is 0 Å². The van der Waals surface area contributed by atoms with Crippen LogP contribution in [0.1, 0.15) is 24.3 Å². The molecule has 0 aliphatic heterocycles. The lowest BCUT2D eigenvalue weighted by Gasteiger charge is -2.11. The fourth-order valence-corrected chi connectivity index (χ4v) is 3.34. The van der Waals surface area contributed by atoms with E-state index in [0.717, 1.165) is 46.3 Å². The quantitative estimate of drug-likeness (QED) is 0.502. The number of halogens is 1. The summed E-state index contributed by atoms with van der Waals surface area (Å²) < 4.78 is 14.1. The van der Waals surface area contributed by atoms with Crippen LogP contribution in [0.3, 0.4) is 0 Å². The molecule has 1 aliphatic carbocycles. The molecule has 1 saturated carbocycles. The molecule has 3 heterocycles. The van der Waals surface area contributed by atoms with E-state index in [1.807, 2.05) is 42.5 Å². The molecule has 0 radical (unpaired) electrons. The minimum absolute atomic E-state index is 0.123. The van der Waals surface area contributed by atoms with E-state index in [0.29, 0.717) is 11.6 Å². The number of pyridine rings is 3. The average Bonchev–Trinajstić information content (AvgIpc) is 3.53. The van der Waals surface area contributed by atoms with Gasteiger partial charge in [-0.25, -0.2) is 14.4 Å². The molecule has 4 aromatic rings. The minimum Gasteiger partial charge on any atom is -0.256 e. The van der Waals surface area contributed by atoms with Gasteiger partial charge >= 0.3 is 0 Å². The Morgan fingerprint density at radius 2 is 1.73 bits per heavy atom. The van der Waals surface area contributed by atoms with Gasteiger partial charge in [-0.2, -0.15) is 0 Å². The summed E-state index contributed by atoms with van der Waals surface area (Å²) in [5.74, 6) is 0.229. The summed E-state index contributed by atoms with van der Waals surface area (Å²) in [6, 6.07) is 17.1. The van der Waals surface area contributed by atoms with Crippen molar-refractivity contribution in [2.45, 2.75) is 18.8 Å². The first-order valence-corrected chi connectivity index (χ1v) is 8.76. The molecule has 1 aromatic carbocycles. The fraction of sp³-hybridized carbons (Fsp3) is 0.136. The maximum atomic E-state index is 14.1. The first-order valence-electron chi connectivity index (χ1n) is 8.76. The van der Waals surface area contributed by atoms with Gasteiger partial charge in [0.05, 0.1) is 11.4 Å². The molecule has 0 N–H and O–H groups in total. The third kappa shape index (κ3) is 2.64. The molecule has 0 unspecified atom stereocenters. The summed E-state index contributed by atoms with van der Waals surface area (Å²) in [7, 11) is 0. The number of rotatable bonds is 3. The molecule has 0 bridgehead atoms. The van der Waals surface area contributed by atoms with Crippen molar-refractivity contribution in [3.63, 3.8) is 0 Å². The maximum Gasteiger partial charge on any atom is 0.159 e. The van der Waals surface area contributed by atoms with Gasteiger partial charge in [0.2, 0.25) is 0 Å². The Morgan fingerprint density at radius 3 is 2.62 bits per heavy atom. The van der Waals surface area contributed by atoms with Crippen LogP contribution in [-0.2, 0) is 0 Å². The lowest BCUT2D eigenvalue weighted by atomic mass is 9.99. The molecule has 126 valence electrons. The summed E-state index contributed by atoms with van der Waals surface area (Å²) >= 11 is 0. The van der Waals surface area contributed by atoms with E-state index in [1.54, 1.807) is 24.5 Å². The monoisotopic (exact) mass is 341 g/mol. The second kappa shape index (κ2) is 5.99. The van der Waals surface area contributed by atoms with Crippen LogP contribution in [0.15, 0.2) is 67.0 Å². The number of aromatic nitrogens is 3. The molecular formula is C22H16FN3. The van der Waals surface area contributed by atoms with Gasteiger partial charge in [-0.3, -0.25) is 4.98 Å². The molecule has 26 heavy (non-hydrogen) atoms. The van der Waals surface area contributed by atoms with Crippen molar-refractivity contribution in [3.8, 4) is 22.5 Å². The summed E-state index contributed by atoms with van der Waals surface area (Å²) in [5.41, 5.74) is 4.99. The van der Waals surface area contributed by atoms with Crippen molar-refractivity contribution < 1.29 is 4.39 Å². The van der Waals surface area contributed by atoms with Gasteiger partial charge in [0, 0.05) is 28.9 Å². The summed E-state index contributed by atoms with van der Waals surface area (Å²) in [6.45, 7) is 0. The Morgan fingerprint density at radius 1 is 0.885 bits per heavy atom. The second-order valence-electron chi connectivity index (χ2n) is 6.66. The van der Waals surface area contributed by atoms with Crippen LogP contribution in [0.25, 0.3) is 33.5 Å². The summed E-state index contributed by atoms with van der Waals surface area (Å²) in [5, 5.41) is 1.000. The average molecular weight is 341 g/mol. The second-order valence-corrected chi connectivity index (χ2v) is 6.66. The molecule has 0 amide bonds. The molecule has 0 spiro atoms. The number of hydrogen-bond acceptors (Lipinski definition) is 3. The molecule has 3 nitrogen and oxygen atoms in total. The van der Waals surface area contributed by atoms with Gasteiger partial charge in [0.25, 0.3) is 0 Å². The molecule has 1 aliphatic rings. The Kier molecular flexibility index (Phi) is 3.49. The van der Waals surface area contributed by atoms with Crippen LogP contribution in [0, 0.1) is 5.82 Å². The van der Waals surface area contributed by atoms with Crippen LogP contribution >= 0.6 is 0 Å². The van der Waals surface area contributed by atoms with Crippen LogP contribution in [-0.4, -0.2) is 15.0 Å². The third-order valence-electron chi connectivity index (χ3n) is 4.83. The maximum absolute atomic E-state index is 14.1. The lowest BCUT2D eigenvalue weighted by molar-refractivity contribution is 0.611. The largest absolute Gasteiger partial charge is 0.256 e. The van der Waals surface area contributed by atoms with Gasteiger partial charge in [0.15, 0.2) is 5.65 Å². The zero-order valence-electron chi connectivity index (χ0n) is 14.1. The van der Waals surface area contributed by atoms with Crippen molar-refractivity contribution in [1.82, 2.24) is 15.0 Å². The van der Waals surface area contributed by atoms with Crippen LogP contribution in [0.2, 0.25) is 0 Å². The van der Waals surface area contributed by atoms with E-state index in [2.05, 4.69) is 9.97 Å². The summed E-state index contributed by atoms with van der Waals surface area (Å²) in [4.78, 5) is 13.6. The van der Waals surface area contributed by atoms with E-state index in [1.165, 1.54) is 0 Å². The van der Waals surface area contributed by atoms with Gasteiger partial charge in [-0.05, 0) is 78.9 Å². The van der Waals surface area contributed by atoms with E-state index in [-0.39, 0.29) is 5.82 Å². The van der Waals surface area contributed by atoms with Gasteiger partial charge in [-0.1, -0.05) is 0 Å². The predicted octanol–water partition coefficient (Wildman–Crippen LogP) is 5.38. The van der Waals surface area contributed by atoms with Crippen molar-refractivity contribution in [1.29, 1.82) is 0 Å². The molecule has 0 saturated heterocycles. The van der Waals surface area contributed by atoms with E-state index < -0.39 is 0 Å². The first-order chi connectivity index (χ1) is 12.8. The zero-order valence-corrected chi connectivity index (χ0v) is 14.1. The summed E-state index contributed by atoms with van der Waals surface area (Å²) in [6.07, 6.45) is 5.63. The highest BCUT2D eigenvalue weighted by Gasteiger charge is 2.27. The Balaban J connectivity index is 1.66. The zero-order chi connectivity index (χ0) is 17.5. The standard InChI is InChI=1S/C22H16FN3/c23-19-9-7-16(13-18(19)14-5-6-14)21-17(4-2-11-24-21)20-10-8-15-3-1-12-25-22(15)26-20/h1-4,7-14H,5-6H2. The van der Waals surface area contributed by atoms with Gasteiger partial charge < -0.3 is 0 Å². The smallest absolute Gasteiger partial charge is 0.159 e. The van der Waals surface area contributed by atoms with Crippen LogP contribution in [0.4, 0.5) is 4.39 Å². The molecule has 1 fully saturated rings. The minimum atomic E-state index is -0.123. The van der Waals surface area contributed by atoms with Crippen molar-refractivity contribution in [3.05, 3.63) is 78.4 Å². The molecular weight excluding hydrogens is 325 g/mol. The molecule has 4 heteroatoms.